The van der Waals surface area contributed by atoms with E-state index < -0.39 is 43.3 Å². The predicted octanol–water partition coefficient (Wildman–Crippen LogP) is 2.97. The zero-order valence-corrected chi connectivity index (χ0v) is 18.7. The van der Waals surface area contributed by atoms with Crippen LogP contribution in [0.4, 0.5) is 8.78 Å². The zero-order chi connectivity index (χ0) is 25.2. The van der Waals surface area contributed by atoms with Crippen molar-refractivity contribution in [2.45, 2.75) is 25.3 Å². The van der Waals surface area contributed by atoms with E-state index in [-0.39, 0.29) is 11.1 Å². The number of rotatable bonds is 5. The van der Waals surface area contributed by atoms with E-state index in [0.29, 0.717) is 10.9 Å². The van der Waals surface area contributed by atoms with Crippen molar-refractivity contribution in [1.82, 2.24) is 20.2 Å². The van der Waals surface area contributed by atoms with E-state index in [1.54, 1.807) is 30.5 Å². The maximum Gasteiger partial charge on any atom is 0.268 e. The summed E-state index contributed by atoms with van der Waals surface area (Å²) >= 11 is 0. The number of alkyl halides is 2. The number of carbonyl (C=O) groups is 2. The van der Waals surface area contributed by atoms with Crippen LogP contribution in [0, 0.1) is 11.3 Å². The SMILES string of the molecule is CC(=Cc1ccc2nccc(C(=O)NCC(=O)N3CC(F)(F)CC3C#N)c2c1)c1ccc(=O)[nH]c1. The summed E-state index contributed by atoms with van der Waals surface area (Å²) in [6.45, 7) is 0.529. The number of amides is 2. The van der Waals surface area contributed by atoms with Crippen LogP contribution in [0.2, 0.25) is 0 Å². The molecule has 1 aliphatic rings. The Morgan fingerprint density at radius 1 is 1.31 bits per heavy atom. The van der Waals surface area contributed by atoms with Crippen molar-refractivity contribution in [3.05, 3.63) is 75.8 Å². The van der Waals surface area contributed by atoms with Gasteiger partial charge in [0.1, 0.15) is 6.04 Å². The summed E-state index contributed by atoms with van der Waals surface area (Å²) in [5.74, 6) is -4.44. The fraction of sp³-hybridized carbons (Fsp3) is 0.240. The Labute approximate surface area is 198 Å². The molecule has 178 valence electrons. The third-order valence-corrected chi connectivity index (χ3v) is 5.77. The third-order valence-electron chi connectivity index (χ3n) is 5.77. The summed E-state index contributed by atoms with van der Waals surface area (Å²) in [6.07, 6.45) is 4.25. The number of nitrogens with one attached hydrogen (secondary N) is 2. The number of aromatic nitrogens is 2. The lowest BCUT2D eigenvalue weighted by Gasteiger charge is -2.19. The summed E-state index contributed by atoms with van der Waals surface area (Å²) in [6, 6.07) is 10.5. The largest absolute Gasteiger partial charge is 0.343 e. The van der Waals surface area contributed by atoms with Crippen molar-refractivity contribution in [2.24, 2.45) is 0 Å². The molecule has 1 fully saturated rings. The Bertz CT molecular complexity index is 1420. The molecule has 0 saturated carbocycles. The number of hydrogen-bond acceptors (Lipinski definition) is 5. The van der Waals surface area contributed by atoms with Gasteiger partial charge in [0.15, 0.2) is 0 Å². The van der Waals surface area contributed by atoms with Gasteiger partial charge < -0.3 is 15.2 Å². The molecule has 35 heavy (non-hydrogen) atoms. The summed E-state index contributed by atoms with van der Waals surface area (Å²) in [5.41, 5.74) is 3.13. The highest BCUT2D eigenvalue weighted by Crippen LogP contribution is 2.31. The van der Waals surface area contributed by atoms with E-state index in [1.807, 2.05) is 19.1 Å². The van der Waals surface area contributed by atoms with Gasteiger partial charge in [-0.2, -0.15) is 5.26 Å². The van der Waals surface area contributed by atoms with Gasteiger partial charge in [-0.15, -0.1) is 0 Å². The van der Waals surface area contributed by atoms with Crippen molar-refractivity contribution in [2.75, 3.05) is 13.1 Å². The lowest BCUT2D eigenvalue weighted by atomic mass is 10.0. The van der Waals surface area contributed by atoms with E-state index in [2.05, 4.69) is 15.3 Å². The van der Waals surface area contributed by atoms with E-state index in [1.165, 1.54) is 18.3 Å². The minimum Gasteiger partial charge on any atom is -0.343 e. The average Bonchev–Trinajstić information content (AvgIpc) is 3.17. The Morgan fingerprint density at radius 2 is 2.11 bits per heavy atom. The lowest BCUT2D eigenvalue weighted by molar-refractivity contribution is -0.131. The summed E-state index contributed by atoms with van der Waals surface area (Å²) in [7, 11) is 0. The highest BCUT2D eigenvalue weighted by molar-refractivity contribution is 6.07. The average molecular weight is 477 g/mol. The lowest BCUT2D eigenvalue weighted by Crippen LogP contribution is -2.43. The molecule has 0 aliphatic carbocycles. The maximum atomic E-state index is 13.6. The first-order chi connectivity index (χ1) is 16.7. The molecule has 1 aliphatic heterocycles. The molecule has 1 atom stereocenters. The van der Waals surface area contributed by atoms with Crippen molar-refractivity contribution in [3.63, 3.8) is 0 Å². The van der Waals surface area contributed by atoms with Gasteiger partial charge in [-0.05, 0) is 47.9 Å². The van der Waals surface area contributed by atoms with Crippen molar-refractivity contribution in [1.29, 1.82) is 5.26 Å². The second-order valence-electron chi connectivity index (χ2n) is 8.31. The highest BCUT2D eigenvalue weighted by Gasteiger charge is 2.47. The number of allylic oxidation sites excluding steroid dienone is 1. The van der Waals surface area contributed by atoms with E-state index in [4.69, 9.17) is 5.26 Å². The van der Waals surface area contributed by atoms with Crippen molar-refractivity contribution in [3.8, 4) is 6.07 Å². The van der Waals surface area contributed by atoms with Crippen LogP contribution >= 0.6 is 0 Å². The van der Waals surface area contributed by atoms with Gasteiger partial charge in [0.25, 0.3) is 11.8 Å². The zero-order valence-electron chi connectivity index (χ0n) is 18.7. The van der Waals surface area contributed by atoms with E-state index >= 15 is 0 Å². The molecule has 0 radical (unpaired) electrons. The third kappa shape index (κ3) is 5.24. The molecule has 0 bridgehead atoms. The Kier molecular flexibility index (Phi) is 6.42. The standard InChI is InChI=1S/C25H21F2N5O3/c1-15(17-3-5-22(33)30-12-17)8-16-2-4-21-20(9-16)19(6-7-29-21)24(35)31-13-23(34)32-14-25(26,27)10-18(32)11-28/h2-9,12,18H,10,13-14H2,1H3,(H,30,33)(H,31,35). The first kappa shape index (κ1) is 23.8. The Morgan fingerprint density at radius 3 is 2.83 bits per heavy atom. The van der Waals surface area contributed by atoms with Crippen LogP contribution < -0.4 is 10.9 Å². The summed E-state index contributed by atoms with van der Waals surface area (Å²) in [5, 5.41) is 12.1. The van der Waals surface area contributed by atoms with Gasteiger partial charge >= 0.3 is 0 Å². The number of hydrogen-bond donors (Lipinski definition) is 2. The van der Waals surface area contributed by atoms with Crippen LogP contribution in [-0.2, 0) is 4.79 Å². The fourth-order valence-corrected chi connectivity index (χ4v) is 3.99. The number of pyridine rings is 2. The molecular weight excluding hydrogens is 456 g/mol. The van der Waals surface area contributed by atoms with Crippen LogP contribution in [0.3, 0.4) is 0 Å². The van der Waals surface area contributed by atoms with Gasteiger partial charge in [0, 0.05) is 30.3 Å². The summed E-state index contributed by atoms with van der Waals surface area (Å²) < 4.78 is 27.2. The fourth-order valence-electron chi connectivity index (χ4n) is 3.99. The van der Waals surface area contributed by atoms with Crippen molar-refractivity contribution >= 4 is 34.4 Å². The molecule has 8 nitrogen and oxygen atoms in total. The Hall–Kier alpha value is -4.39. The van der Waals surface area contributed by atoms with Crippen LogP contribution in [0.1, 0.15) is 34.8 Å². The Balaban J connectivity index is 1.54. The number of nitriles is 1. The second kappa shape index (κ2) is 9.46. The molecule has 3 heterocycles. The van der Waals surface area contributed by atoms with Gasteiger partial charge in [-0.3, -0.25) is 19.4 Å². The smallest absolute Gasteiger partial charge is 0.268 e. The van der Waals surface area contributed by atoms with Gasteiger partial charge in [0.05, 0.1) is 30.2 Å². The molecule has 3 aromatic rings. The molecule has 4 rings (SSSR count). The number of carbonyl (C=O) groups excluding carboxylic acids is 2. The maximum absolute atomic E-state index is 13.6. The number of fused-ring (bicyclic) bond motifs is 1. The number of likely N-dealkylation sites (tertiary alicyclic amines) is 1. The molecular formula is C25H21F2N5O3. The van der Waals surface area contributed by atoms with Crippen LogP contribution in [0.15, 0.2) is 53.6 Å². The minimum absolute atomic E-state index is 0.200. The van der Waals surface area contributed by atoms with E-state index in [9.17, 15) is 23.2 Å². The quantitative estimate of drug-likeness (QED) is 0.586. The monoisotopic (exact) mass is 477 g/mol. The molecule has 2 amide bonds. The number of nitrogens with zero attached hydrogens (tertiary/aromatic N) is 3. The molecule has 10 heteroatoms. The van der Waals surface area contributed by atoms with Crippen molar-refractivity contribution < 1.29 is 18.4 Å². The molecule has 2 N–H and O–H groups in total. The highest BCUT2D eigenvalue weighted by atomic mass is 19.3. The summed E-state index contributed by atoms with van der Waals surface area (Å²) in [4.78, 5) is 44.3. The first-order valence-electron chi connectivity index (χ1n) is 10.8. The topological polar surface area (TPSA) is 119 Å². The number of benzene rings is 1. The van der Waals surface area contributed by atoms with Gasteiger partial charge in [-0.25, -0.2) is 8.78 Å². The van der Waals surface area contributed by atoms with Gasteiger partial charge in [0.2, 0.25) is 11.5 Å². The number of halogens is 2. The van der Waals surface area contributed by atoms with Crippen LogP contribution in [-0.4, -0.2) is 51.7 Å². The number of H-pyrrole nitrogens is 1. The molecule has 1 unspecified atom stereocenters. The number of aromatic amines is 1. The van der Waals surface area contributed by atoms with E-state index in [0.717, 1.165) is 21.6 Å². The molecule has 0 spiro atoms. The van der Waals surface area contributed by atoms with Crippen LogP contribution in [0.5, 0.6) is 0 Å². The predicted molar refractivity (Wildman–Crippen MR) is 125 cm³/mol. The minimum atomic E-state index is -3.13. The molecule has 2 aromatic heterocycles. The molecule has 1 aromatic carbocycles. The van der Waals surface area contributed by atoms with Gasteiger partial charge in [-0.1, -0.05) is 12.1 Å². The van der Waals surface area contributed by atoms with Crippen LogP contribution in [0.25, 0.3) is 22.6 Å². The second-order valence-corrected chi connectivity index (χ2v) is 8.31. The first-order valence-corrected chi connectivity index (χ1v) is 10.8. The normalized spacial score (nSPS) is 17.3. The molecule has 1 saturated heterocycles.